The molecule has 7 nitrogen and oxygen atoms in total. The fourth-order valence-corrected chi connectivity index (χ4v) is 3.34. The number of hydrogen-bond acceptors (Lipinski definition) is 5. The second-order valence-corrected chi connectivity index (χ2v) is 7.03. The van der Waals surface area contributed by atoms with Crippen LogP contribution < -0.4 is 19.5 Å². The zero-order chi connectivity index (χ0) is 19.7. The van der Waals surface area contributed by atoms with E-state index in [1.165, 1.54) is 4.90 Å². The van der Waals surface area contributed by atoms with Crippen LogP contribution in [-0.4, -0.2) is 43.2 Å². The molecule has 0 saturated carbocycles. The minimum atomic E-state index is -1.16. The molecule has 28 heavy (non-hydrogen) atoms. The molecule has 1 atom stereocenters. The number of imide groups is 1. The van der Waals surface area contributed by atoms with Crippen LogP contribution in [0.1, 0.15) is 18.1 Å². The summed E-state index contributed by atoms with van der Waals surface area (Å²) in [6.45, 7) is 5.03. The molecule has 1 fully saturated rings. The molecule has 2 aliphatic rings. The number of rotatable bonds is 5. The van der Waals surface area contributed by atoms with Gasteiger partial charge in [-0.15, -0.1) is 0 Å². The van der Waals surface area contributed by atoms with Crippen molar-refractivity contribution < 1.29 is 23.8 Å². The maximum atomic E-state index is 13.0. The third kappa shape index (κ3) is 3.24. The number of hydrogen-bond donors (Lipinski definition) is 1. The van der Waals surface area contributed by atoms with E-state index in [1.54, 1.807) is 25.1 Å². The van der Waals surface area contributed by atoms with Crippen molar-refractivity contribution in [1.29, 1.82) is 0 Å². The standard InChI is InChI=1S/C21H22N2O5/c1-14-3-6-16(7-4-14)26-10-9-23-19(24)21(2,22-20(23)25)15-5-8-17-18(13-15)28-12-11-27-17/h3-8,13H,9-12H2,1-2H3,(H,22,25)/t21-/m0/s1. The molecule has 0 radical (unpaired) electrons. The average Bonchev–Trinajstić information content (AvgIpc) is 2.93. The van der Waals surface area contributed by atoms with Crippen LogP contribution in [-0.2, 0) is 10.3 Å². The van der Waals surface area contributed by atoms with Gasteiger partial charge in [0.1, 0.15) is 31.1 Å². The van der Waals surface area contributed by atoms with Crippen molar-refractivity contribution in [2.24, 2.45) is 0 Å². The van der Waals surface area contributed by atoms with E-state index in [2.05, 4.69) is 5.32 Å². The monoisotopic (exact) mass is 382 g/mol. The van der Waals surface area contributed by atoms with Crippen LogP contribution in [0.3, 0.4) is 0 Å². The first-order chi connectivity index (χ1) is 13.5. The number of fused-ring (bicyclic) bond motifs is 1. The quantitative estimate of drug-likeness (QED) is 0.805. The first-order valence-electron chi connectivity index (χ1n) is 9.21. The van der Waals surface area contributed by atoms with Crippen LogP contribution in [0.5, 0.6) is 17.2 Å². The number of carbonyl (C=O) groups is 2. The summed E-state index contributed by atoms with van der Waals surface area (Å²) in [6, 6.07) is 12.5. The van der Waals surface area contributed by atoms with Gasteiger partial charge < -0.3 is 19.5 Å². The van der Waals surface area contributed by atoms with Crippen LogP contribution in [0.25, 0.3) is 0 Å². The topological polar surface area (TPSA) is 77.1 Å². The Hall–Kier alpha value is -3.22. The number of urea groups is 1. The van der Waals surface area contributed by atoms with Crippen LogP contribution in [0.2, 0.25) is 0 Å². The molecule has 3 amide bonds. The molecule has 2 aromatic carbocycles. The van der Waals surface area contributed by atoms with Gasteiger partial charge in [-0.1, -0.05) is 23.8 Å². The lowest BCUT2D eigenvalue weighted by atomic mass is 9.91. The van der Waals surface area contributed by atoms with E-state index in [1.807, 2.05) is 31.2 Å². The molecular weight excluding hydrogens is 360 g/mol. The number of nitrogens with one attached hydrogen (secondary N) is 1. The molecule has 0 unspecified atom stereocenters. The van der Waals surface area contributed by atoms with Crippen molar-refractivity contribution >= 4 is 11.9 Å². The number of nitrogens with zero attached hydrogens (tertiary/aromatic N) is 1. The van der Waals surface area contributed by atoms with Gasteiger partial charge in [-0.3, -0.25) is 9.69 Å². The number of amides is 3. The molecule has 0 spiro atoms. The van der Waals surface area contributed by atoms with Gasteiger partial charge in [0.2, 0.25) is 0 Å². The normalized spacial score (nSPS) is 20.9. The van der Waals surface area contributed by atoms with Gasteiger partial charge in [0.15, 0.2) is 11.5 Å². The van der Waals surface area contributed by atoms with Crippen molar-refractivity contribution in [3.05, 3.63) is 53.6 Å². The third-order valence-corrected chi connectivity index (χ3v) is 5.00. The SMILES string of the molecule is Cc1ccc(OCCN2C(=O)N[C@@](C)(c3ccc4c(c3)OCCO4)C2=O)cc1. The Morgan fingerprint density at radius 3 is 2.54 bits per heavy atom. The fraction of sp³-hybridized carbons (Fsp3) is 0.333. The number of aryl methyl sites for hydroxylation is 1. The predicted molar refractivity (Wildman–Crippen MR) is 102 cm³/mol. The summed E-state index contributed by atoms with van der Waals surface area (Å²) in [5, 5.41) is 2.79. The number of benzene rings is 2. The summed E-state index contributed by atoms with van der Waals surface area (Å²) < 4.78 is 16.8. The van der Waals surface area contributed by atoms with Crippen LogP contribution in [0.4, 0.5) is 4.79 Å². The Labute approximate surface area is 163 Å². The Morgan fingerprint density at radius 2 is 1.79 bits per heavy atom. The summed E-state index contributed by atoms with van der Waals surface area (Å²) in [5.74, 6) is 1.60. The van der Waals surface area contributed by atoms with Crippen LogP contribution in [0.15, 0.2) is 42.5 Å². The van der Waals surface area contributed by atoms with Crippen LogP contribution in [0, 0.1) is 6.92 Å². The highest BCUT2D eigenvalue weighted by atomic mass is 16.6. The van der Waals surface area contributed by atoms with Gasteiger partial charge in [0.25, 0.3) is 5.91 Å². The van der Waals surface area contributed by atoms with Crippen molar-refractivity contribution in [2.75, 3.05) is 26.4 Å². The fourth-order valence-electron chi connectivity index (χ4n) is 3.34. The van der Waals surface area contributed by atoms with E-state index in [0.717, 1.165) is 5.56 Å². The van der Waals surface area contributed by atoms with E-state index in [9.17, 15) is 9.59 Å². The Bertz CT molecular complexity index is 912. The molecule has 4 rings (SSSR count). The lowest BCUT2D eigenvalue weighted by Gasteiger charge is -2.25. The van der Waals surface area contributed by atoms with Gasteiger partial charge in [0, 0.05) is 0 Å². The first kappa shape index (κ1) is 18.2. The van der Waals surface area contributed by atoms with Gasteiger partial charge in [-0.25, -0.2) is 4.79 Å². The lowest BCUT2D eigenvalue weighted by Crippen LogP contribution is -2.41. The van der Waals surface area contributed by atoms with E-state index in [-0.39, 0.29) is 19.1 Å². The van der Waals surface area contributed by atoms with Crippen molar-refractivity contribution in [2.45, 2.75) is 19.4 Å². The summed E-state index contributed by atoms with van der Waals surface area (Å²) in [5.41, 5.74) is 0.630. The van der Waals surface area contributed by atoms with Crippen molar-refractivity contribution in [1.82, 2.24) is 10.2 Å². The third-order valence-electron chi connectivity index (χ3n) is 5.00. The van der Waals surface area contributed by atoms with E-state index in [4.69, 9.17) is 14.2 Å². The molecule has 0 aromatic heterocycles. The molecule has 2 heterocycles. The molecule has 2 aliphatic heterocycles. The van der Waals surface area contributed by atoms with Crippen LogP contribution >= 0.6 is 0 Å². The molecule has 0 aliphatic carbocycles. The zero-order valence-corrected chi connectivity index (χ0v) is 15.9. The molecule has 0 bridgehead atoms. The largest absolute Gasteiger partial charge is 0.492 e. The summed E-state index contributed by atoms with van der Waals surface area (Å²) in [4.78, 5) is 26.6. The molecule has 7 heteroatoms. The molecule has 1 saturated heterocycles. The average molecular weight is 382 g/mol. The van der Waals surface area contributed by atoms with E-state index < -0.39 is 11.6 Å². The highest BCUT2D eigenvalue weighted by Crippen LogP contribution is 2.36. The number of carbonyl (C=O) groups excluding carboxylic acids is 2. The predicted octanol–water partition coefficient (Wildman–Crippen LogP) is 2.61. The molecule has 1 N–H and O–H groups in total. The summed E-state index contributed by atoms with van der Waals surface area (Å²) >= 11 is 0. The Kier molecular flexibility index (Phi) is 4.58. The second kappa shape index (κ2) is 7.07. The highest BCUT2D eigenvalue weighted by Gasteiger charge is 2.49. The van der Waals surface area contributed by atoms with Crippen molar-refractivity contribution in [3.63, 3.8) is 0 Å². The van der Waals surface area contributed by atoms with Gasteiger partial charge in [-0.2, -0.15) is 0 Å². The first-order valence-corrected chi connectivity index (χ1v) is 9.21. The smallest absolute Gasteiger partial charge is 0.325 e. The summed E-state index contributed by atoms with van der Waals surface area (Å²) in [7, 11) is 0. The summed E-state index contributed by atoms with van der Waals surface area (Å²) in [6.07, 6.45) is 0. The van der Waals surface area contributed by atoms with Gasteiger partial charge in [0.05, 0.1) is 6.54 Å². The molecular formula is C21H22N2O5. The Balaban J connectivity index is 1.46. The molecule has 146 valence electrons. The minimum absolute atomic E-state index is 0.165. The minimum Gasteiger partial charge on any atom is -0.492 e. The zero-order valence-electron chi connectivity index (χ0n) is 15.9. The second-order valence-electron chi connectivity index (χ2n) is 7.03. The van der Waals surface area contributed by atoms with Gasteiger partial charge >= 0.3 is 6.03 Å². The van der Waals surface area contributed by atoms with Gasteiger partial charge in [-0.05, 0) is 43.7 Å². The highest BCUT2D eigenvalue weighted by molar-refractivity contribution is 6.07. The maximum Gasteiger partial charge on any atom is 0.325 e. The molecule has 2 aromatic rings. The van der Waals surface area contributed by atoms with E-state index in [0.29, 0.717) is 36.0 Å². The van der Waals surface area contributed by atoms with Crippen molar-refractivity contribution in [3.8, 4) is 17.2 Å². The Morgan fingerprint density at radius 1 is 1.07 bits per heavy atom. The number of ether oxygens (including phenoxy) is 3. The van der Waals surface area contributed by atoms with E-state index >= 15 is 0 Å². The lowest BCUT2D eigenvalue weighted by molar-refractivity contribution is -0.131. The maximum absolute atomic E-state index is 13.0.